The number of carbonyl (C=O) groups is 3. The Hall–Kier alpha value is -2.33. The number of nitrogen functional groups attached to an aromatic ring is 1. The fourth-order valence-corrected chi connectivity index (χ4v) is 4.50. The number of nitrogens with one attached hydrogen (secondary N) is 1. The molecule has 0 unspecified atom stereocenters. The molecule has 0 spiro atoms. The van der Waals surface area contributed by atoms with Crippen LogP contribution >= 0.6 is 23.1 Å². The van der Waals surface area contributed by atoms with Crippen LogP contribution in [0.1, 0.15) is 5.69 Å². The Morgan fingerprint density at radius 2 is 2.33 bits per heavy atom. The van der Waals surface area contributed by atoms with E-state index in [0.29, 0.717) is 22.2 Å². The summed E-state index contributed by atoms with van der Waals surface area (Å²) in [6, 6.07) is -0.737. The Balaban J connectivity index is 1.69. The summed E-state index contributed by atoms with van der Waals surface area (Å²) < 4.78 is 0. The number of β-lactam (4-membered cyclic amide) rings is 1. The second-order valence-corrected chi connectivity index (χ2v) is 7.19. The molecule has 3 heterocycles. The molecule has 1 aromatic rings. The van der Waals surface area contributed by atoms with Crippen LogP contribution in [0.15, 0.2) is 29.3 Å². The Kier molecular flexibility index (Phi) is 4.33. The van der Waals surface area contributed by atoms with E-state index in [1.54, 1.807) is 5.38 Å². The molecule has 24 heavy (non-hydrogen) atoms. The van der Waals surface area contributed by atoms with Gasteiger partial charge < -0.3 is 16.2 Å². The van der Waals surface area contributed by atoms with Crippen molar-refractivity contribution in [2.24, 2.45) is 0 Å². The minimum absolute atomic E-state index is 0.0222. The predicted octanol–water partition coefficient (Wildman–Crippen LogP) is 0.192. The Morgan fingerprint density at radius 1 is 1.58 bits per heavy atom. The first kappa shape index (κ1) is 16.5. The van der Waals surface area contributed by atoms with Gasteiger partial charge in [-0.25, -0.2) is 9.78 Å². The third-order valence-corrected chi connectivity index (χ3v) is 5.70. The van der Waals surface area contributed by atoms with Gasteiger partial charge in [0.15, 0.2) is 5.13 Å². The SMILES string of the molecule is C=CC1=C(C(=O)O)N2C(=O)[C@@H](NC(=O)Cc3csc(N)n3)[C@H]2SC1. The maximum absolute atomic E-state index is 12.3. The van der Waals surface area contributed by atoms with Gasteiger partial charge in [0, 0.05) is 11.1 Å². The highest BCUT2D eigenvalue weighted by molar-refractivity contribution is 8.00. The molecule has 2 aliphatic heterocycles. The molecule has 0 aliphatic carbocycles. The highest BCUT2D eigenvalue weighted by Gasteiger charge is 2.53. The Labute approximate surface area is 145 Å². The Bertz CT molecular complexity index is 773. The van der Waals surface area contributed by atoms with E-state index in [1.165, 1.54) is 34.1 Å². The second kappa shape index (κ2) is 6.29. The summed E-state index contributed by atoms with van der Waals surface area (Å²) >= 11 is 2.63. The molecule has 2 atom stereocenters. The molecule has 0 radical (unpaired) electrons. The predicted molar refractivity (Wildman–Crippen MR) is 90.1 cm³/mol. The number of thioether (sulfide) groups is 1. The van der Waals surface area contributed by atoms with Gasteiger partial charge in [0.1, 0.15) is 17.1 Å². The van der Waals surface area contributed by atoms with Crippen LogP contribution < -0.4 is 11.1 Å². The summed E-state index contributed by atoms with van der Waals surface area (Å²) in [5, 5.41) is 13.6. The topological polar surface area (TPSA) is 126 Å². The summed E-state index contributed by atoms with van der Waals surface area (Å²) in [5.41, 5.74) is 6.49. The fraction of sp³-hybridized carbons (Fsp3) is 0.286. The van der Waals surface area contributed by atoms with E-state index < -0.39 is 23.3 Å². The third-order valence-electron chi connectivity index (χ3n) is 3.67. The van der Waals surface area contributed by atoms with E-state index in [9.17, 15) is 19.5 Å². The van der Waals surface area contributed by atoms with Crippen molar-refractivity contribution in [2.75, 3.05) is 11.5 Å². The number of carboxylic acids is 1. The van der Waals surface area contributed by atoms with Crippen molar-refractivity contribution in [1.82, 2.24) is 15.2 Å². The summed E-state index contributed by atoms with van der Waals surface area (Å²) in [6.07, 6.45) is 1.47. The molecule has 0 bridgehead atoms. The smallest absolute Gasteiger partial charge is 0.352 e. The van der Waals surface area contributed by atoms with Gasteiger partial charge in [-0.15, -0.1) is 23.1 Å². The number of amides is 2. The maximum atomic E-state index is 12.3. The van der Waals surface area contributed by atoms with Crippen LogP contribution in [-0.4, -0.2) is 49.9 Å². The molecule has 126 valence electrons. The number of nitrogens with two attached hydrogens (primary N) is 1. The molecule has 1 aromatic heterocycles. The van der Waals surface area contributed by atoms with Crippen molar-refractivity contribution in [3.8, 4) is 0 Å². The highest BCUT2D eigenvalue weighted by atomic mass is 32.2. The number of fused-ring (bicyclic) bond motifs is 1. The van der Waals surface area contributed by atoms with E-state index in [2.05, 4.69) is 16.9 Å². The van der Waals surface area contributed by atoms with Gasteiger partial charge >= 0.3 is 5.97 Å². The fourth-order valence-electron chi connectivity index (χ4n) is 2.59. The average molecular weight is 366 g/mol. The highest BCUT2D eigenvalue weighted by Crippen LogP contribution is 2.40. The lowest BCUT2D eigenvalue weighted by Gasteiger charge is -2.49. The normalized spacial score (nSPS) is 22.7. The van der Waals surface area contributed by atoms with Crippen molar-refractivity contribution in [1.29, 1.82) is 0 Å². The van der Waals surface area contributed by atoms with Gasteiger partial charge in [0.05, 0.1) is 12.1 Å². The summed E-state index contributed by atoms with van der Waals surface area (Å²) in [4.78, 5) is 41.0. The number of hydrogen-bond donors (Lipinski definition) is 3. The van der Waals surface area contributed by atoms with Gasteiger partial charge in [-0.1, -0.05) is 12.7 Å². The zero-order valence-electron chi connectivity index (χ0n) is 12.4. The van der Waals surface area contributed by atoms with E-state index in [-0.39, 0.29) is 18.0 Å². The van der Waals surface area contributed by atoms with Crippen LogP contribution in [0.3, 0.4) is 0 Å². The van der Waals surface area contributed by atoms with Crippen LogP contribution in [0.25, 0.3) is 0 Å². The first-order valence-electron chi connectivity index (χ1n) is 6.95. The standard InChI is InChI=1S/C14H14N4O4S2/c1-2-6-4-23-12-9(11(20)18(12)10(6)13(21)22)17-8(19)3-7-5-24-14(15)16-7/h2,5,9,12H,1,3-4H2,(H2,15,16)(H,17,19)(H,21,22)/t9-,12-/m1/s1. The molecule has 10 heteroatoms. The third kappa shape index (κ3) is 2.78. The average Bonchev–Trinajstić information content (AvgIpc) is 2.95. The molecule has 1 fully saturated rings. The van der Waals surface area contributed by atoms with Crippen molar-refractivity contribution in [3.05, 3.63) is 35.0 Å². The van der Waals surface area contributed by atoms with Crippen molar-refractivity contribution in [2.45, 2.75) is 17.8 Å². The first-order chi connectivity index (χ1) is 11.4. The number of carboxylic acid groups (broad SMARTS) is 1. The van der Waals surface area contributed by atoms with E-state index in [1.807, 2.05) is 0 Å². The minimum Gasteiger partial charge on any atom is -0.477 e. The molecule has 2 amide bonds. The van der Waals surface area contributed by atoms with Gasteiger partial charge in [-0.05, 0) is 5.57 Å². The first-order valence-corrected chi connectivity index (χ1v) is 8.88. The van der Waals surface area contributed by atoms with Crippen molar-refractivity contribution < 1.29 is 19.5 Å². The monoisotopic (exact) mass is 366 g/mol. The van der Waals surface area contributed by atoms with Crippen molar-refractivity contribution >= 4 is 46.0 Å². The van der Waals surface area contributed by atoms with Crippen LogP contribution in [0.2, 0.25) is 0 Å². The lowest BCUT2D eigenvalue weighted by molar-refractivity contribution is -0.150. The lowest BCUT2D eigenvalue weighted by atomic mass is 10.0. The molecular formula is C14H14N4O4S2. The molecule has 2 aliphatic rings. The number of carbonyl (C=O) groups excluding carboxylic acids is 2. The number of thiazole rings is 1. The molecular weight excluding hydrogens is 352 g/mol. The molecule has 0 saturated carbocycles. The number of allylic oxidation sites excluding steroid dienone is 1. The van der Waals surface area contributed by atoms with Gasteiger partial charge in [0.25, 0.3) is 5.91 Å². The molecule has 0 aromatic carbocycles. The zero-order valence-corrected chi connectivity index (χ0v) is 14.0. The number of hydrogen-bond acceptors (Lipinski definition) is 7. The summed E-state index contributed by atoms with van der Waals surface area (Å²) in [7, 11) is 0. The number of nitrogens with zero attached hydrogens (tertiary/aromatic N) is 2. The molecule has 4 N–H and O–H groups in total. The van der Waals surface area contributed by atoms with Gasteiger partial charge in [-0.3, -0.25) is 14.5 Å². The maximum Gasteiger partial charge on any atom is 0.352 e. The number of rotatable bonds is 5. The summed E-state index contributed by atoms with van der Waals surface area (Å²) in [5.74, 6) is -1.54. The Morgan fingerprint density at radius 3 is 2.92 bits per heavy atom. The molecule has 8 nitrogen and oxygen atoms in total. The number of aliphatic carboxylic acids is 1. The number of aromatic nitrogens is 1. The zero-order chi connectivity index (χ0) is 17.4. The van der Waals surface area contributed by atoms with E-state index in [4.69, 9.17) is 5.73 Å². The minimum atomic E-state index is -1.17. The molecule has 1 saturated heterocycles. The van der Waals surface area contributed by atoms with Crippen LogP contribution in [0.5, 0.6) is 0 Å². The summed E-state index contributed by atoms with van der Waals surface area (Å²) in [6.45, 7) is 3.58. The molecule has 3 rings (SSSR count). The van der Waals surface area contributed by atoms with Gasteiger partial charge in [-0.2, -0.15) is 0 Å². The van der Waals surface area contributed by atoms with Crippen LogP contribution in [0.4, 0.5) is 5.13 Å². The van der Waals surface area contributed by atoms with Crippen LogP contribution in [-0.2, 0) is 20.8 Å². The second-order valence-electron chi connectivity index (χ2n) is 5.19. The van der Waals surface area contributed by atoms with Crippen molar-refractivity contribution in [3.63, 3.8) is 0 Å². The van der Waals surface area contributed by atoms with Gasteiger partial charge in [0.2, 0.25) is 5.91 Å². The van der Waals surface area contributed by atoms with Crippen LogP contribution in [0, 0.1) is 0 Å². The van der Waals surface area contributed by atoms with E-state index in [0.717, 1.165) is 0 Å². The quantitative estimate of drug-likeness (QED) is 0.635. The van der Waals surface area contributed by atoms with E-state index >= 15 is 0 Å². The largest absolute Gasteiger partial charge is 0.477 e. The lowest BCUT2D eigenvalue weighted by Crippen LogP contribution is -2.70. The number of anilines is 1.